The van der Waals surface area contributed by atoms with Gasteiger partial charge in [0.05, 0.1) is 25.4 Å². The van der Waals surface area contributed by atoms with Crippen LogP contribution in [0.4, 0.5) is 0 Å². The SMILES string of the molecule is CCCCCCCCC/C=C/CCCC[C@@H](O)[C@H](CO[C@H]1O[C@@H](CO)[C@H](O)C(O)C1O)NC(=O)CCCCCCCCCCCCCCC. The van der Waals surface area contributed by atoms with Gasteiger partial charge >= 0.3 is 0 Å². The summed E-state index contributed by atoms with van der Waals surface area (Å²) in [6, 6.07) is -0.727. The van der Waals surface area contributed by atoms with Gasteiger partial charge in [0.1, 0.15) is 24.4 Å². The van der Waals surface area contributed by atoms with Crippen LogP contribution in [0.15, 0.2) is 12.2 Å². The molecule has 1 saturated heterocycles. The molecule has 0 aromatic rings. The van der Waals surface area contributed by atoms with E-state index in [4.69, 9.17) is 9.47 Å². The second-order valence-corrected chi connectivity index (χ2v) is 14.4. The minimum absolute atomic E-state index is 0.146. The lowest BCUT2D eigenvalue weighted by Crippen LogP contribution is -2.60. The van der Waals surface area contributed by atoms with Gasteiger partial charge in [0.2, 0.25) is 5.91 Å². The number of amides is 1. The van der Waals surface area contributed by atoms with Crippen LogP contribution in [0, 0.1) is 0 Å². The van der Waals surface area contributed by atoms with E-state index < -0.39 is 49.5 Å². The standard InChI is InChI=1S/C40H77NO8/c1-3-5-7-9-11-13-15-17-19-21-23-25-27-29-34(43)33(32-48-40-39(47)38(46)37(45)35(31-42)49-40)41-36(44)30-28-26-24-22-20-18-16-14-12-10-8-6-4-2/h19,21,33-35,37-40,42-43,45-47H,3-18,20,22-32H2,1-2H3,(H,41,44)/b21-19+/t33-,34+,35-,37-,38?,39?,40-/m0/s1. The number of rotatable bonds is 33. The lowest BCUT2D eigenvalue weighted by atomic mass is 9.99. The molecule has 0 aliphatic carbocycles. The van der Waals surface area contributed by atoms with Crippen LogP contribution in [-0.2, 0) is 14.3 Å². The van der Waals surface area contributed by atoms with E-state index in [1.165, 1.54) is 109 Å². The Labute approximate surface area is 299 Å². The second-order valence-electron chi connectivity index (χ2n) is 14.4. The van der Waals surface area contributed by atoms with Crippen LogP contribution < -0.4 is 5.32 Å². The molecule has 1 rings (SSSR count). The Kier molecular flexibility index (Phi) is 29.7. The van der Waals surface area contributed by atoms with Crippen LogP contribution in [0.3, 0.4) is 0 Å². The van der Waals surface area contributed by atoms with Gasteiger partial charge in [-0.3, -0.25) is 4.79 Å². The van der Waals surface area contributed by atoms with Crippen molar-refractivity contribution in [3.63, 3.8) is 0 Å². The number of nitrogens with one attached hydrogen (secondary N) is 1. The van der Waals surface area contributed by atoms with E-state index in [-0.39, 0.29) is 12.5 Å². The molecule has 2 unspecified atom stereocenters. The van der Waals surface area contributed by atoms with Crippen LogP contribution in [0.1, 0.15) is 181 Å². The molecule has 0 aromatic heterocycles. The third kappa shape index (κ3) is 23.2. The Morgan fingerprint density at radius 3 is 1.65 bits per heavy atom. The molecule has 0 aromatic carbocycles. The number of unbranched alkanes of at least 4 members (excludes halogenated alkanes) is 21. The van der Waals surface area contributed by atoms with Crippen LogP contribution >= 0.6 is 0 Å². The smallest absolute Gasteiger partial charge is 0.220 e. The first-order valence-corrected chi connectivity index (χ1v) is 20.4. The maximum absolute atomic E-state index is 12.9. The molecule has 1 amide bonds. The van der Waals surface area contributed by atoms with Crippen molar-refractivity contribution in [2.24, 2.45) is 0 Å². The Morgan fingerprint density at radius 1 is 0.673 bits per heavy atom. The summed E-state index contributed by atoms with van der Waals surface area (Å²) in [6.45, 7) is 3.79. The predicted molar refractivity (Wildman–Crippen MR) is 198 cm³/mol. The van der Waals surface area contributed by atoms with Gasteiger partial charge in [-0.2, -0.15) is 0 Å². The molecule has 7 atom stereocenters. The Morgan fingerprint density at radius 2 is 1.14 bits per heavy atom. The molecule has 290 valence electrons. The number of aliphatic hydroxyl groups excluding tert-OH is 5. The third-order valence-electron chi connectivity index (χ3n) is 9.87. The number of hydrogen-bond donors (Lipinski definition) is 6. The average Bonchev–Trinajstić information content (AvgIpc) is 3.10. The van der Waals surface area contributed by atoms with Gasteiger partial charge < -0.3 is 40.3 Å². The van der Waals surface area contributed by atoms with Gasteiger partial charge in [-0.1, -0.05) is 148 Å². The molecular weight excluding hydrogens is 622 g/mol. The summed E-state index contributed by atoms with van der Waals surface area (Å²) in [5.74, 6) is -0.155. The zero-order chi connectivity index (χ0) is 36.0. The van der Waals surface area contributed by atoms with Gasteiger partial charge in [-0.15, -0.1) is 0 Å². The minimum Gasteiger partial charge on any atom is -0.394 e. The lowest BCUT2D eigenvalue weighted by Gasteiger charge is -2.40. The first kappa shape index (κ1) is 46.0. The van der Waals surface area contributed by atoms with Crippen LogP contribution in [0.2, 0.25) is 0 Å². The van der Waals surface area contributed by atoms with Crippen LogP contribution in [0.5, 0.6) is 0 Å². The lowest BCUT2D eigenvalue weighted by molar-refractivity contribution is -0.302. The van der Waals surface area contributed by atoms with Crippen molar-refractivity contribution in [1.29, 1.82) is 0 Å². The first-order chi connectivity index (χ1) is 23.8. The number of hydrogen-bond acceptors (Lipinski definition) is 8. The molecule has 1 aliphatic rings. The largest absolute Gasteiger partial charge is 0.394 e. The summed E-state index contributed by atoms with van der Waals surface area (Å²) in [7, 11) is 0. The van der Waals surface area contributed by atoms with E-state index in [1.807, 2.05) is 0 Å². The van der Waals surface area contributed by atoms with Crippen LogP contribution in [-0.4, -0.2) is 87.5 Å². The molecule has 0 saturated carbocycles. The number of carbonyl (C=O) groups excluding carboxylic acids is 1. The quantitative estimate of drug-likeness (QED) is 0.0307. The summed E-state index contributed by atoms with van der Waals surface area (Å²) < 4.78 is 11.2. The Bertz CT molecular complexity index is 781. The van der Waals surface area contributed by atoms with Crippen molar-refractivity contribution in [2.45, 2.75) is 224 Å². The Hall–Kier alpha value is -1.07. The van der Waals surface area contributed by atoms with E-state index in [9.17, 15) is 30.3 Å². The van der Waals surface area contributed by atoms with Crippen molar-refractivity contribution < 1.29 is 39.8 Å². The summed E-state index contributed by atoms with van der Waals surface area (Å²) in [5, 5.41) is 54.1. The molecule has 9 heteroatoms. The fourth-order valence-electron chi connectivity index (χ4n) is 6.51. The number of allylic oxidation sites excluding steroid dienone is 2. The fourth-order valence-corrected chi connectivity index (χ4v) is 6.51. The monoisotopic (exact) mass is 700 g/mol. The number of carbonyl (C=O) groups is 1. The molecule has 1 aliphatic heterocycles. The van der Waals surface area contributed by atoms with Gasteiger partial charge in [0.25, 0.3) is 0 Å². The average molecular weight is 700 g/mol. The first-order valence-electron chi connectivity index (χ1n) is 20.4. The third-order valence-corrected chi connectivity index (χ3v) is 9.87. The molecule has 6 N–H and O–H groups in total. The highest BCUT2D eigenvalue weighted by Crippen LogP contribution is 2.23. The molecule has 49 heavy (non-hydrogen) atoms. The Balaban J connectivity index is 2.42. The highest BCUT2D eigenvalue weighted by molar-refractivity contribution is 5.76. The summed E-state index contributed by atoms with van der Waals surface area (Å²) in [4.78, 5) is 12.9. The van der Waals surface area contributed by atoms with Crippen molar-refractivity contribution >= 4 is 5.91 Å². The van der Waals surface area contributed by atoms with Gasteiger partial charge in [0, 0.05) is 6.42 Å². The maximum atomic E-state index is 12.9. The zero-order valence-corrected chi connectivity index (χ0v) is 31.5. The second kappa shape index (κ2) is 31.6. The topological polar surface area (TPSA) is 149 Å². The summed E-state index contributed by atoms with van der Waals surface area (Å²) >= 11 is 0. The van der Waals surface area contributed by atoms with Gasteiger partial charge in [-0.25, -0.2) is 0 Å². The molecule has 0 radical (unpaired) electrons. The maximum Gasteiger partial charge on any atom is 0.220 e. The van der Waals surface area contributed by atoms with Crippen molar-refractivity contribution in [2.75, 3.05) is 13.2 Å². The normalized spacial score (nSPS) is 22.5. The highest BCUT2D eigenvalue weighted by Gasteiger charge is 2.44. The molecule has 1 heterocycles. The van der Waals surface area contributed by atoms with E-state index in [0.29, 0.717) is 12.8 Å². The minimum atomic E-state index is -1.55. The fraction of sp³-hybridized carbons (Fsp3) is 0.925. The van der Waals surface area contributed by atoms with Gasteiger partial charge in [-0.05, 0) is 38.5 Å². The molecule has 0 spiro atoms. The van der Waals surface area contributed by atoms with Gasteiger partial charge in [0.15, 0.2) is 6.29 Å². The molecule has 9 nitrogen and oxygen atoms in total. The zero-order valence-electron chi connectivity index (χ0n) is 31.5. The summed E-state index contributed by atoms with van der Waals surface area (Å²) in [5.41, 5.74) is 0. The van der Waals surface area contributed by atoms with Crippen molar-refractivity contribution in [3.05, 3.63) is 12.2 Å². The van der Waals surface area contributed by atoms with E-state index in [1.54, 1.807) is 0 Å². The van der Waals surface area contributed by atoms with Crippen LogP contribution in [0.25, 0.3) is 0 Å². The highest BCUT2D eigenvalue weighted by atomic mass is 16.7. The van der Waals surface area contributed by atoms with E-state index in [0.717, 1.165) is 44.9 Å². The number of ether oxygens (including phenoxy) is 2. The predicted octanol–water partition coefficient (Wildman–Crippen LogP) is 7.39. The molecule has 1 fully saturated rings. The summed E-state index contributed by atoms with van der Waals surface area (Å²) in [6.07, 6.45) is 26.4. The molecular formula is C40H77NO8. The molecule has 0 bridgehead atoms. The van der Waals surface area contributed by atoms with Crippen molar-refractivity contribution in [3.8, 4) is 0 Å². The number of aliphatic hydroxyl groups is 5. The van der Waals surface area contributed by atoms with E-state index >= 15 is 0 Å². The van der Waals surface area contributed by atoms with E-state index in [2.05, 4.69) is 31.3 Å². The van der Waals surface area contributed by atoms with Crippen molar-refractivity contribution in [1.82, 2.24) is 5.32 Å².